The minimum absolute atomic E-state index is 0.325. The third-order valence-corrected chi connectivity index (χ3v) is 5.06. The first-order valence-electron chi connectivity index (χ1n) is 9.93. The largest absolute Gasteiger partial charge is 0.384 e. The summed E-state index contributed by atoms with van der Waals surface area (Å²) in [5, 5.41) is 7.29. The number of hydrogen-bond donors (Lipinski definition) is 3. The van der Waals surface area contributed by atoms with Crippen LogP contribution in [0.2, 0.25) is 0 Å². The summed E-state index contributed by atoms with van der Waals surface area (Å²) in [4.78, 5) is 26.1. The van der Waals surface area contributed by atoms with E-state index >= 15 is 0 Å². The van der Waals surface area contributed by atoms with Crippen molar-refractivity contribution in [1.29, 1.82) is 0 Å². The maximum Gasteiger partial charge on any atom is 0.227 e. The van der Waals surface area contributed by atoms with E-state index in [2.05, 4.69) is 35.6 Å². The van der Waals surface area contributed by atoms with Gasteiger partial charge in [-0.1, -0.05) is 0 Å². The average Bonchev–Trinajstić information content (AvgIpc) is 3.50. The molecule has 0 saturated heterocycles. The third kappa shape index (κ3) is 3.93. The van der Waals surface area contributed by atoms with Gasteiger partial charge in [0.05, 0.1) is 30.1 Å². The van der Waals surface area contributed by atoms with Crippen LogP contribution in [0.4, 0.5) is 27.8 Å². The fourth-order valence-electron chi connectivity index (χ4n) is 3.46. The molecule has 31 heavy (non-hydrogen) atoms. The van der Waals surface area contributed by atoms with Crippen molar-refractivity contribution in [3.63, 3.8) is 0 Å². The number of pyridine rings is 1. The van der Waals surface area contributed by atoms with Crippen molar-refractivity contribution in [2.75, 3.05) is 16.4 Å². The molecule has 4 aromatic rings. The first-order chi connectivity index (χ1) is 15.0. The molecule has 1 atom stereocenters. The molecule has 0 aromatic carbocycles. The van der Waals surface area contributed by atoms with Crippen molar-refractivity contribution in [1.82, 2.24) is 34.5 Å². The lowest BCUT2D eigenvalue weighted by Gasteiger charge is -2.16. The molecule has 0 spiro atoms. The highest BCUT2D eigenvalue weighted by Gasteiger charge is 2.28. The Hall–Kier alpha value is -3.89. The molecule has 11 heteroatoms. The van der Waals surface area contributed by atoms with Crippen molar-refractivity contribution < 1.29 is 4.39 Å². The monoisotopic (exact) mass is 420 g/mol. The number of anilines is 4. The molecule has 0 aliphatic heterocycles. The topological polar surface area (TPSA) is 132 Å². The SMILES string of the molecule is C[C@H](Nc1nc(Nc2cn(C)cn2)c2c(C3CC3)cc(N)nc2n1)c1ncc(F)cn1. The van der Waals surface area contributed by atoms with Gasteiger partial charge in [-0.25, -0.2) is 24.3 Å². The summed E-state index contributed by atoms with van der Waals surface area (Å²) in [5.74, 6) is 2.33. The van der Waals surface area contributed by atoms with Gasteiger partial charge < -0.3 is 20.9 Å². The fraction of sp³-hybridized carbons (Fsp3) is 0.300. The Bertz CT molecular complexity index is 1250. The van der Waals surface area contributed by atoms with Gasteiger partial charge in [0.15, 0.2) is 11.5 Å². The molecule has 0 amide bonds. The fourth-order valence-corrected chi connectivity index (χ4v) is 3.46. The van der Waals surface area contributed by atoms with E-state index in [4.69, 9.17) is 10.7 Å². The van der Waals surface area contributed by atoms with Crippen LogP contribution >= 0.6 is 0 Å². The molecule has 0 bridgehead atoms. The number of halogens is 1. The van der Waals surface area contributed by atoms with E-state index in [0.717, 1.165) is 36.2 Å². The number of fused-ring (bicyclic) bond motifs is 1. The highest BCUT2D eigenvalue weighted by molar-refractivity contribution is 5.93. The molecule has 4 aromatic heterocycles. The molecule has 1 aliphatic rings. The quantitative estimate of drug-likeness (QED) is 0.430. The van der Waals surface area contributed by atoms with Crippen molar-refractivity contribution in [3.8, 4) is 0 Å². The van der Waals surface area contributed by atoms with Crippen LogP contribution in [-0.4, -0.2) is 34.5 Å². The maximum atomic E-state index is 13.2. The van der Waals surface area contributed by atoms with Crippen LogP contribution in [0.15, 0.2) is 31.0 Å². The van der Waals surface area contributed by atoms with Crippen molar-refractivity contribution in [3.05, 3.63) is 48.2 Å². The molecular formula is C20H21FN10. The normalized spacial score (nSPS) is 14.5. The molecule has 0 unspecified atom stereocenters. The Balaban J connectivity index is 1.58. The predicted octanol–water partition coefficient (Wildman–Crippen LogP) is 3.06. The van der Waals surface area contributed by atoms with E-state index in [-0.39, 0.29) is 6.04 Å². The molecule has 10 nitrogen and oxygen atoms in total. The number of hydrogen-bond acceptors (Lipinski definition) is 9. The van der Waals surface area contributed by atoms with Crippen LogP contribution in [0.5, 0.6) is 0 Å². The Morgan fingerprint density at radius 2 is 1.94 bits per heavy atom. The van der Waals surface area contributed by atoms with Crippen LogP contribution in [0.25, 0.3) is 11.0 Å². The van der Waals surface area contributed by atoms with Gasteiger partial charge in [-0.2, -0.15) is 9.97 Å². The van der Waals surface area contributed by atoms with E-state index in [1.807, 2.05) is 30.8 Å². The molecule has 1 fully saturated rings. The van der Waals surface area contributed by atoms with Gasteiger partial charge in [-0.15, -0.1) is 0 Å². The minimum atomic E-state index is -0.493. The van der Waals surface area contributed by atoms with Gasteiger partial charge in [0, 0.05) is 13.2 Å². The van der Waals surface area contributed by atoms with E-state index in [0.29, 0.717) is 40.8 Å². The summed E-state index contributed by atoms with van der Waals surface area (Å²) < 4.78 is 15.0. The number of imidazole rings is 1. The van der Waals surface area contributed by atoms with E-state index in [1.54, 1.807) is 6.33 Å². The zero-order chi connectivity index (χ0) is 21.5. The number of nitrogens with one attached hydrogen (secondary N) is 2. The first kappa shape index (κ1) is 19.1. The average molecular weight is 420 g/mol. The number of rotatable bonds is 6. The van der Waals surface area contributed by atoms with E-state index in [9.17, 15) is 4.39 Å². The lowest BCUT2D eigenvalue weighted by atomic mass is 10.1. The predicted molar refractivity (Wildman–Crippen MR) is 114 cm³/mol. The smallest absolute Gasteiger partial charge is 0.227 e. The Morgan fingerprint density at radius 1 is 1.16 bits per heavy atom. The molecule has 0 radical (unpaired) electrons. The Kier molecular flexibility index (Phi) is 4.57. The zero-order valence-electron chi connectivity index (χ0n) is 17.0. The lowest BCUT2D eigenvalue weighted by molar-refractivity contribution is 0.604. The van der Waals surface area contributed by atoms with Gasteiger partial charge in [-0.3, -0.25) is 0 Å². The second-order valence-corrected chi connectivity index (χ2v) is 7.68. The summed E-state index contributed by atoms with van der Waals surface area (Å²) in [5.41, 5.74) is 7.65. The number of nitrogens with two attached hydrogens (primary N) is 1. The van der Waals surface area contributed by atoms with Gasteiger partial charge in [0.1, 0.15) is 23.3 Å². The zero-order valence-corrected chi connectivity index (χ0v) is 17.0. The van der Waals surface area contributed by atoms with Crippen molar-refractivity contribution in [2.45, 2.75) is 31.7 Å². The Labute approximate surface area is 177 Å². The van der Waals surface area contributed by atoms with E-state index < -0.39 is 5.82 Å². The van der Waals surface area contributed by atoms with Crippen LogP contribution in [0.3, 0.4) is 0 Å². The molecule has 5 rings (SSSR count). The van der Waals surface area contributed by atoms with Gasteiger partial charge in [0.25, 0.3) is 0 Å². The molecular weight excluding hydrogens is 399 g/mol. The molecule has 1 saturated carbocycles. The second kappa shape index (κ2) is 7.42. The van der Waals surface area contributed by atoms with Crippen LogP contribution < -0.4 is 16.4 Å². The van der Waals surface area contributed by atoms with Crippen LogP contribution in [0.1, 0.15) is 43.1 Å². The van der Waals surface area contributed by atoms with Crippen molar-refractivity contribution >= 4 is 34.4 Å². The molecule has 4 heterocycles. The third-order valence-electron chi connectivity index (χ3n) is 5.06. The number of aryl methyl sites for hydroxylation is 1. The first-order valence-corrected chi connectivity index (χ1v) is 9.93. The molecule has 4 N–H and O–H groups in total. The molecule has 158 valence electrons. The summed E-state index contributed by atoms with van der Waals surface area (Å²) in [6.07, 6.45) is 8.01. The van der Waals surface area contributed by atoms with E-state index in [1.165, 1.54) is 0 Å². The summed E-state index contributed by atoms with van der Waals surface area (Å²) in [7, 11) is 1.89. The van der Waals surface area contributed by atoms with Gasteiger partial charge in [0.2, 0.25) is 5.95 Å². The summed E-state index contributed by atoms with van der Waals surface area (Å²) in [6.45, 7) is 1.84. The summed E-state index contributed by atoms with van der Waals surface area (Å²) >= 11 is 0. The second-order valence-electron chi connectivity index (χ2n) is 7.68. The molecule has 1 aliphatic carbocycles. The minimum Gasteiger partial charge on any atom is -0.384 e. The van der Waals surface area contributed by atoms with Crippen LogP contribution in [-0.2, 0) is 7.05 Å². The van der Waals surface area contributed by atoms with Crippen LogP contribution in [0, 0.1) is 5.82 Å². The number of nitrogen functional groups attached to an aromatic ring is 1. The van der Waals surface area contributed by atoms with Gasteiger partial charge in [-0.05, 0) is 37.3 Å². The standard InChI is InChI=1S/C20H21FN10/c1-10(17-23-6-12(21)7-24-17)26-20-29-18-16(13(11-3-4-11)5-14(22)27-18)19(30-20)28-15-8-31(2)9-25-15/h5-11H,3-4H2,1-2H3,(H4,22,26,27,28,29,30)/t10-/m0/s1. The Morgan fingerprint density at radius 3 is 2.61 bits per heavy atom. The van der Waals surface area contributed by atoms with Gasteiger partial charge >= 0.3 is 0 Å². The van der Waals surface area contributed by atoms with Crippen molar-refractivity contribution in [2.24, 2.45) is 7.05 Å². The lowest BCUT2D eigenvalue weighted by Crippen LogP contribution is -2.14. The number of aromatic nitrogens is 7. The number of nitrogens with zero attached hydrogens (tertiary/aromatic N) is 7. The highest BCUT2D eigenvalue weighted by Crippen LogP contribution is 2.45. The summed E-state index contributed by atoms with van der Waals surface area (Å²) in [6, 6.07) is 1.54. The maximum absolute atomic E-state index is 13.2. The highest BCUT2D eigenvalue weighted by atomic mass is 19.1.